The molecule has 1 rings (SSSR count). The SMILES string of the molecule is O=C(C1CCCCCCC1)N(CCO)CC(F)(F)F. The van der Waals surface area contributed by atoms with E-state index in [-0.39, 0.29) is 12.5 Å². The monoisotopic (exact) mass is 281 g/mol. The van der Waals surface area contributed by atoms with Crippen molar-refractivity contribution in [3.8, 4) is 0 Å². The Labute approximate surface area is 111 Å². The van der Waals surface area contributed by atoms with E-state index >= 15 is 0 Å². The molecule has 0 atom stereocenters. The van der Waals surface area contributed by atoms with Crippen molar-refractivity contribution in [2.45, 2.75) is 51.1 Å². The number of aliphatic hydroxyl groups is 1. The smallest absolute Gasteiger partial charge is 0.395 e. The molecule has 6 heteroatoms. The maximum absolute atomic E-state index is 12.4. The van der Waals surface area contributed by atoms with Crippen LogP contribution in [-0.2, 0) is 4.79 Å². The van der Waals surface area contributed by atoms with Gasteiger partial charge < -0.3 is 10.0 Å². The van der Waals surface area contributed by atoms with Gasteiger partial charge in [0.25, 0.3) is 0 Å². The Balaban J connectivity index is 2.62. The molecule has 1 N–H and O–H groups in total. The van der Waals surface area contributed by atoms with Crippen molar-refractivity contribution in [2.75, 3.05) is 19.7 Å². The van der Waals surface area contributed by atoms with Gasteiger partial charge in [-0.1, -0.05) is 32.1 Å². The molecule has 0 aliphatic heterocycles. The van der Waals surface area contributed by atoms with Crippen LogP contribution in [0.2, 0.25) is 0 Å². The van der Waals surface area contributed by atoms with E-state index in [4.69, 9.17) is 5.11 Å². The molecule has 0 saturated heterocycles. The van der Waals surface area contributed by atoms with Crippen LogP contribution in [0, 0.1) is 5.92 Å². The number of rotatable bonds is 4. The minimum Gasteiger partial charge on any atom is -0.395 e. The Kier molecular flexibility index (Phi) is 6.62. The third-order valence-corrected chi connectivity index (χ3v) is 3.51. The Morgan fingerprint density at radius 1 is 1.11 bits per heavy atom. The lowest BCUT2D eigenvalue weighted by Gasteiger charge is -2.28. The van der Waals surface area contributed by atoms with Crippen molar-refractivity contribution in [3.05, 3.63) is 0 Å². The summed E-state index contributed by atoms with van der Waals surface area (Å²) in [5, 5.41) is 8.82. The fourth-order valence-electron chi connectivity index (χ4n) is 2.57. The quantitative estimate of drug-likeness (QED) is 0.860. The van der Waals surface area contributed by atoms with Crippen LogP contribution in [0.3, 0.4) is 0 Å². The summed E-state index contributed by atoms with van der Waals surface area (Å²) < 4.78 is 37.3. The largest absolute Gasteiger partial charge is 0.406 e. The molecule has 112 valence electrons. The Morgan fingerprint density at radius 3 is 2.11 bits per heavy atom. The summed E-state index contributed by atoms with van der Waals surface area (Å²) in [7, 11) is 0. The first-order valence-corrected chi connectivity index (χ1v) is 6.90. The van der Waals surface area contributed by atoms with E-state index in [1.54, 1.807) is 0 Å². The fourth-order valence-corrected chi connectivity index (χ4v) is 2.57. The van der Waals surface area contributed by atoms with E-state index in [2.05, 4.69) is 0 Å². The fraction of sp³-hybridized carbons (Fsp3) is 0.923. The minimum atomic E-state index is -4.41. The molecule has 1 fully saturated rings. The second-order valence-corrected chi connectivity index (χ2v) is 5.14. The maximum Gasteiger partial charge on any atom is 0.406 e. The highest BCUT2D eigenvalue weighted by Gasteiger charge is 2.34. The molecule has 19 heavy (non-hydrogen) atoms. The molecule has 1 saturated carbocycles. The zero-order chi connectivity index (χ0) is 14.3. The first-order chi connectivity index (χ1) is 8.94. The highest BCUT2D eigenvalue weighted by Crippen LogP contribution is 2.25. The Hall–Kier alpha value is -0.780. The summed E-state index contributed by atoms with van der Waals surface area (Å²) in [6.07, 6.45) is 1.95. The van der Waals surface area contributed by atoms with Crippen LogP contribution in [0.5, 0.6) is 0 Å². The van der Waals surface area contributed by atoms with Crippen LogP contribution in [0.15, 0.2) is 0 Å². The average Bonchev–Trinajstić information content (AvgIpc) is 2.25. The van der Waals surface area contributed by atoms with Gasteiger partial charge in [0.15, 0.2) is 0 Å². The van der Waals surface area contributed by atoms with Gasteiger partial charge in [0.2, 0.25) is 5.91 Å². The van der Waals surface area contributed by atoms with Crippen molar-refractivity contribution >= 4 is 5.91 Å². The summed E-state index contributed by atoms with van der Waals surface area (Å²) in [5.41, 5.74) is 0. The van der Waals surface area contributed by atoms with E-state index in [1.165, 1.54) is 0 Å². The van der Waals surface area contributed by atoms with E-state index < -0.39 is 25.2 Å². The van der Waals surface area contributed by atoms with Crippen LogP contribution in [0.1, 0.15) is 44.9 Å². The lowest BCUT2D eigenvalue weighted by Crippen LogP contribution is -2.43. The molecular formula is C13H22F3NO2. The van der Waals surface area contributed by atoms with Gasteiger partial charge in [-0.15, -0.1) is 0 Å². The molecule has 0 spiro atoms. The van der Waals surface area contributed by atoms with Gasteiger partial charge in [-0.3, -0.25) is 4.79 Å². The van der Waals surface area contributed by atoms with Crippen molar-refractivity contribution in [3.63, 3.8) is 0 Å². The first-order valence-electron chi connectivity index (χ1n) is 6.90. The molecule has 0 bridgehead atoms. The topological polar surface area (TPSA) is 40.5 Å². The van der Waals surface area contributed by atoms with E-state index in [0.29, 0.717) is 12.8 Å². The van der Waals surface area contributed by atoms with E-state index in [1.807, 2.05) is 0 Å². The molecular weight excluding hydrogens is 259 g/mol. The van der Waals surface area contributed by atoms with Gasteiger partial charge in [-0.2, -0.15) is 13.2 Å². The standard InChI is InChI=1S/C13H22F3NO2/c14-13(15,16)10-17(8-9-18)12(19)11-6-4-2-1-3-5-7-11/h11,18H,1-10H2. The summed E-state index contributed by atoms with van der Waals surface area (Å²) in [4.78, 5) is 12.9. The van der Waals surface area contributed by atoms with Gasteiger partial charge in [0, 0.05) is 12.5 Å². The molecule has 1 aliphatic carbocycles. The molecule has 0 unspecified atom stereocenters. The molecule has 0 aromatic carbocycles. The molecule has 1 aliphatic rings. The Morgan fingerprint density at radius 2 is 1.63 bits per heavy atom. The normalized spacial score (nSPS) is 18.7. The number of nitrogens with zero attached hydrogens (tertiary/aromatic N) is 1. The number of hydrogen-bond acceptors (Lipinski definition) is 2. The van der Waals surface area contributed by atoms with E-state index in [9.17, 15) is 18.0 Å². The predicted octanol–water partition coefficient (Wildman–Crippen LogP) is 2.73. The third-order valence-electron chi connectivity index (χ3n) is 3.51. The molecule has 0 aromatic rings. The minimum absolute atomic E-state index is 0.241. The van der Waals surface area contributed by atoms with Crippen LogP contribution >= 0.6 is 0 Å². The summed E-state index contributed by atoms with van der Waals surface area (Å²) >= 11 is 0. The predicted molar refractivity (Wildman–Crippen MR) is 65.5 cm³/mol. The van der Waals surface area contributed by atoms with Gasteiger partial charge >= 0.3 is 6.18 Å². The van der Waals surface area contributed by atoms with Crippen molar-refractivity contribution in [2.24, 2.45) is 5.92 Å². The van der Waals surface area contributed by atoms with E-state index in [0.717, 1.165) is 37.0 Å². The van der Waals surface area contributed by atoms with Crippen LogP contribution < -0.4 is 0 Å². The summed E-state index contributed by atoms with van der Waals surface area (Å²) in [5.74, 6) is -0.762. The summed E-state index contributed by atoms with van der Waals surface area (Å²) in [6.45, 7) is -1.94. The highest BCUT2D eigenvalue weighted by atomic mass is 19.4. The van der Waals surface area contributed by atoms with Crippen LogP contribution in [0.25, 0.3) is 0 Å². The van der Waals surface area contributed by atoms with Crippen molar-refractivity contribution < 1.29 is 23.1 Å². The molecule has 3 nitrogen and oxygen atoms in total. The number of aliphatic hydroxyl groups excluding tert-OH is 1. The summed E-state index contributed by atoms with van der Waals surface area (Å²) in [6, 6.07) is 0. The number of amides is 1. The zero-order valence-electron chi connectivity index (χ0n) is 11.1. The number of hydrogen-bond donors (Lipinski definition) is 1. The number of carbonyl (C=O) groups excluding carboxylic acids is 1. The molecule has 0 aromatic heterocycles. The second kappa shape index (κ2) is 7.72. The first kappa shape index (κ1) is 16.3. The van der Waals surface area contributed by atoms with Gasteiger partial charge in [0.1, 0.15) is 6.54 Å². The van der Waals surface area contributed by atoms with Gasteiger partial charge in [-0.25, -0.2) is 0 Å². The number of alkyl halides is 3. The average molecular weight is 281 g/mol. The Bertz CT molecular complexity index is 274. The molecule has 0 radical (unpaired) electrons. The zero-order valence-corrected chi connectivity index (χ0v) is 11.1. The lowest BCUT2D eigenvalue weighted by atomic mass is 9.90. The number of halogens is 3. The van der Waals surface area contributed by atoms with Crippen LogP contribution in [0.4, 0.5) is 13.2 Å². The molecule has 0 heterocycles. The van der Waals surface area contributed by atoms with Crippen molar-refractivity contribution in [1.82, 2.24) is 4.90 Å². The third kappa shape index (κ3) is 6.27. The van der Waals surface area contributed by atoms with Crippen molar-refractivity contribution in [1.29, 1.82) is 0 Å². The maximum atomic E-state index is 12.4. The van der Waals surface area contributed by atoms with Crippen LogP contribution in [-0.4, -0.2) is 41.8 Å². The second-order valence-electron chi connectivity index (χ2n) is 5.14. The highest BCUT2D eigenvalue weighted by molar-refractivity contribution is 5.78. The van der Waals surface area contributed by atoms with Gasteiger partial charge in [-0.05, 0) is 12.8 Å². The lowest BCUT2D eigenvalue weighted by molar-refractivity contribution is -0.165. The van der Waals surface area contributed by atoms with Gasteiger partial charge in [0.05, 0.1) is 6.61 Å². The number of carbonyl (C=O) groups is 1. The molecule has 1 amide bonds.